The molecule has 4 aliphatic carbocycles. The first kappa shape index (κ1) is 31.1. The Balaban J connectivity index is 1.65. The van der Waals surface area contributed by atoms with Crippen LogP contribution in [0.15, 0.2) is 54.1 Å². The summed E-state index contributed by atoms with van der Waals surface area (Å²) in [6, 6.07) is 8.25. The van der Waals surface area contributed by atoms with Gasteiger partial charge in [0.05, 0.1) is 21.4 Å². The number of Topliss-reactive ketones (excluding diaryl/α,β-unsaturated/α-hetero) is 1. The number of benzene rings is 1. The van der Waals surface area contributed by atoms with Crippen molar-refractivity contribution in [3.63, 3.8) is 0 Å². The molecule has 10 heteroatoms. The minimum absolute atomic E-state index is 0.0567. The number of carbonyl (C=O) groups excluding carboxylic acids is 4. The summed E-state index contributed by atoms with van der Waals surface area (Å²) < 4.78 is 27.8. The van der Waals surface area contributed by atoms with Gasteiger partial charge in [-0.15, -0.1) is 11.6 Å². The zero-order chi connectivity index (χ0) is 30.8. The SMILES string of the molecule is CCC(=O)OCC(=O)[C@]1(OC(=O)c2ccccc2)[C@H](C)C[C@H]2[C@@H]3[C@H](Br)[C@@H](F)C4=CC(=O)C=C[C@]4(C)[C@@]3(Cl)[C@@H](O)C[C@@]21C. The largest absolute Gasteiger partial charge is 0.457 e. The summed E-state index contributed by atoms with van der Waals surface area (Å²) >= 11 is 11.1. The molecule has 3 saturated carbocycles. The molecule has 1 N–H and O–H groups in total. The summed E-state index contributed by atoms with van der Waals surface area (Å²) in [4.78, 5) is 49.8. The number of alkyl halides is 3. The monoisotopic (exact) mass is 664 g/mol. The minimum Gasteiger partial charge on any atom is -0.457 e. The Morgan fingerprint density at radius 2 is 1.86 bits per heavy atom. The van der Waals surface area contributed by atoms with Crippen LogP contribution in [-0.2, 0) is 23.9 Å². The third-order valence-corrected chi connectivity index (χ3v) is 12.4. The summed E-state index contributed by atoms with van der Waals surface area (Å²) in [5.74, 6) is -4.11. The predicted octanol–water partition coefficient (Wildman–Crippen LogP) is 5.31. The van der Waals surface area contributed by atoms with E-state index in [9.17, 15) is 24.3 Å². The van der Waals surface area contributed by atoms with Gasteiger partial charge in [0.1, 0.15) is 6.17 Å². The number of hydrogen-bond acceptors (Lipinski definition) is 7. The highest BCUT2D eigenvalue weighted by Gasteiger charge is 2.78. The molecular weight excluding hydrogens is 631 g/mol. The van der Waals surface area contributed by atoms with Gasteiger partial charge in [0.2, 0.25) is 5.78 Å². The second kappa shape index (κ2) is 10.7. The average Bonchev–Trinajstić information content (AvgIpc) is 3.18. The van der Waals surface area contributed by atoms with Gasteiger partial charge in [-0.05, 0) is 48.6 Å². The third-order valence-electron chi connectivity index (χ3n) is 10.5. The fraction of sp³-hybridized carbons (Fsp3) is 0.562. The van der Waals surface area contributed by atoms with E-state index in [2.05, 4.69) is 15.9 Å². The number of esters is 2. The molecule has 0 bridgehead atoms. The van der Waals surface area contributed by atoms with Crippen LogP contribution in [-0.4, -0.2) is 62.8 Å². The zero-order valence-corrected chi connectivity index (χ0v) is 26.3. The number of hydrogen-bond donors (Lipinski definition) is 1. The van der Waals surface area contributed by atoms with Gasteiger partial charge in [-0.2, -0.15) is 0 Å². The molecule has 226 valence electrons. The van der Waals surface area contributed by atoms with Crippen LogP contribution < -0.4 is 0 Å². The van der Waals surface area contributed by atoms with Crippen molar-refractivity contribution in [3.05, 3.63) is 59.7 Å². The van der Waals surface area contributed by atoms with Crippen molar-refractivity contribution >= 4 is 51.0 Å². The summed E-state index contributed by atoms with van der Waals surface area (Å²) in [6.45, 7) is 6.28. The van der Waals surface area contributed by atoms with Gasteiger partial charge < -0.3 is 14.6 Å². The molecule has 0 spiro atoms. The van der Waals surface area contributed by atoms with E-state index in [4.69, 9.17) is 21.1 Å². The number of fused-ring (bicyclic) bond motifs is 5. The van der Waals surface area contributed by atoms with E-state index in [1.807, 2.05) is 0 Å². The maximum absolute atomic E-state index is 16.3. The highest BCUT2D eigenvalue weighted by atomic mass is 79.9. The highest BCUT2D eigenvalue weighted by molar-refractivity contribution is 9.09. The predicted molar refractivity (Wildman–Crippen MR) is 157 cm³/mol. The van der Waals surface area contributed by atoms with Crippen LogP contribution in [0.4, 0.5) is 4.39 Å². The Bertz CT molecular complexity index is 1380. The summed E-state index contributed by atoms with van der Waals surface area (Å²) in [6.07, 6.45) is 1.62. The first-order valence-electron chi connectivity index (χ1n) is 14.3. The second-order valence-electron chi connectivity index (χ2n) is 12.5. The van der Waals surface area contributed by atoms with E-state index < -0.39 is 80.5 Å². The lowest BCUT2D eigenvalue weighted by Crippen LogP contribution is -2.73. The molecule has 7 nitrogen and oxygen atoms in total. The number of aliphatic hydroxyl groups is 1. The Kier molecular flexibility index (Phi) is 7.89. The molecule has 0 amide bonds. The number of rotatable bonds is 6. The molecule has 0 heterocycles. The number of halogens is 3. The molecule has 4 aliphatic rings. The van der Waals surface area contributed by atoms with Crippen molar-refractivity contribution in [1.82, 2.24) is 0 Å². The highest BCUT2D eigenvalue weighted by Crippen LogP contribution is 2.73. The van der Waals surface area contributed by atoms with Gasteiger partial charge >= 0.3 is 11.9 Å². The van der Waals surface area contributed by atoms with E-state index in [-0.39, 0.29) is 29.8 Å². The fourth-order valence-corrected chi connectivity index (χ4v) is 10.2. The van der Waals surface area contributed by atoms with Crippen molar-refractivity contribution in [1.29, 1.82) is 0 Å². The van der Waals surface area contributed by atoms with Crippen LogP contribution in [0.25, 0.3) is 0 Å². The smallest absolute Gasteiger partial charge is 0.339 e. The van der Waals surface area contributed by atoms with Crippen LogP contribution in [0.5, 0.6) is 0 Å². The normalized spacial score (nSPS) is 42.1. The number of ether oxygens (including phenoxy) is 2. The molecule has 0 radical (unpaired) electrons. The van der Waals surface area contributed by atoms with E-state index in [1.165, 1.54) is 12.2 Å². The molecule has 0 unspecified atom stereocenters. The van der Waals surface area contributed by atoms with Gasteiger partial charge in [-0.3, -0.25) is 14.4 Å². The van der Waals surface area contributed by atoms with Crippen molar-refractivity contribution in [2.24, 2.45) is 28.6 Å². The maximum atomic E-state index is 16.3. The molecule has 42 heavy (non-hydrogen) atoms. The molecule has 3 fully saturated rings. The van der Waals surface area contributed by atoms with Gasteiger partial charge in [0, 0.05) is 29.1 Å². The lowest BCUT2D eigenvalue weighted by Gasteiger charge is -2.65. The first-order valence-corrected chi connectivity index (χ1v) is 15.6. The summed E-state index contributed by atoms with van der Waals surface area (Å²) in [5.41, 5.74) is -3.80. The summed E-state index contributed by atoms with van der Waals surface area (Å²) in [5, 5.41) is 12.0. The molecule has 5 rings (SSSR count). The Morgan fingerprint density at radius 3 is 2.50 bits per heavy atom. The third kappa shape index (κ3) is 4.13. The molecule has 10 atom stereocenters. The molecule has 0 aromatic heterocycles. The van der Waals surface area contributed by atoms with Crippen molar-refractivity contribution in [2.45, 2.75) is 74.5 Å². The maximum Gasteiger partial charge on any atom is 0.339 e. The Morgan fingerprint density at radius 1 is 1.19 bits per heavy atom. The Labute approximate surface area is 258 Å². The van der Waals surface area contributed by atoms with E-state index in [0.717, 1.165) is 0 Å². The minimum atomic E-state index is -1.81. The topological polar surface area (TPSA) is 107 Å². The van der Waals surface area contributed by atoms with Crippen molar-refractivity contribution < 1.29 is 38.1 Å². The molecule has 0 saturated heterocycles. The standard InChI is InChI=1S/C32H35BrClFO7/c1-5-24(39)41-16-23(38)32(42-28(40)18-9-7-6-8-10-18)17(2)13-20-25-26(33)27(35)21-14-19(36)11-12-29(21,3)31(25,34)22(37)15-30(20,32)4/h6-12,14,17,20,22,25-27,37H,5,13,15-16H2,1-4H3/t17-,20+,22+,25-,26+,27+,29+,30+,31-,32-/m1/s1. The quantitative estimate of drug-likeness (QED) is 0.324. The first-order chi connectivity index (χ1) is 19.7. The van der Waals surface area contributed by atoms with E-state index in [0.29, 0.717) is 6.42 Å². The number of allylic oxidation sites excluding steroid dienone is 4. The van der Waals surface area contributed by atoms with Crippen LogP contribution >= 0.6 is 27.5 Å². The molecule has 1 aromatic carbocycles. The van der Waals surface area contributed by atoms with Gasteiger partial charge in [0.15, 0.2) is 18.0 Å². The Hall–Kier alpha value is -2.36. The zero-order valence-electron chi connectivity index (χ0n) is 23.9. The number of aliphatic hydroxyl groups excluding tert-OH is 1. The number of carbonyl (C=O) groups is 4. The lowest BCUT2D eigenvalue weighted by molar-refractivity contribution is -0.184. The van der Waals surface area contributed by atoms with Crippen LogP contribution in [0.3, 0.4) is 0 Å². The second-order valence-corrected chi connectivity index (χ2v) is 14.2. The molecule has 1 aromatic rings. The molecular formula is C32H35BrClFO7. The van der Waals surface area contributed by atoms with Crippen LogP contribution in [0, 0.1) is 28.6 Å². The van der Waals surface area contributed by atoms with Crippen LogP contribution in [0.1, 0.15) is 57.3 Å². The van der Waals surface area contributed by atoms with E-state index >= 15 is 4.39 Å². The molecule has 0 aliphatic heterocycles. The van der Waals surface area contributed by atoms with Crippen molar-refractivity contribution in [2.75, 3.05) is 6.61 Å². The lowest BCUT2D eigenvalue weighted by atomic mass is 9.45. The summed E-state index contributed by atoms with van der Waals surface area (Å²) in [7, 11) is 0. The van der Waals surface area contributed by atoms with Gasteiger partial charge in [0.25, 0.3) is 0 Å². The fourth-order valence-electron chi connectivity index (χ4n) is 8.47. The van der Waals surface area contributed by atoms with Gasteiger partial charge in [-0.1, -0.05) is 67.9 Å². The number of ketones is 2. The average molecular weight is 666 g/mol. The van der Waals surface area contributed by atoms with Crippen LogP contribution in [0.2, 0.25) is 0 Å². The van der Waals surface area contributed by atoms with E-state index in [1.54, 1.807) is 64.1 Å². The van der Waals surface area contributed by atoms with Crippen molar-refractivity contribution in [3.8, 4) is 0 Å². The van der Waals surface area contributed by atoms with Gasteiger partial charge in [-0.25, -0.2) is 9.18 Å².